The molecule has 0 bridgehead atoms. The fourth-order valence-corrected chi connectivity index (χ4v) is 4.53. The van der Waals surface area contributed by atoms with Gasteiger partial charge in [-0.25, -0.2) is 14.7 Å². The van der Waals surface area contributed by atoms with E-state index in [1.807, 2.05) is 24.3 Å². The number of carbonyl (C=O) groups is 1. The Bertz CT molecular complexity index is 1250. The number of nitrogens with zero attached hydrogens (tertiary/aromatic N) is 3. The number of aryl methyl sites for hydroxylation is 1. The van der Waals surface area contributed by atoms with E-state index in [2.05, 4.69) is 16.0 Å². The molecule has 2 unspecified atom stereocenters. The van der Waals surface area contributed by atoms with Crippen LogP contribution in [0.15, 0.2) is 72.4 Å². The fourth-order valence-electron chi connectivity index (χ4n) is 4.53. The van der Waals surface area contributed by atoms with E-state index in [4.69, 9.17) is 18.9 Å². The third-order valence-electron chi connectivity index (χ3n) is 6.40. The highest BCUT2D eigenvalue weighted by Gasteiger charge is 2.37. The third kappa shape index (κ3) is 5.36. The van der Waals surface area contributed by atoms with Crippen LogP contribution in [0, 0.1) is 0 Å². The number of ether oxygens (including phenoxy) is 4. The van der Waals surface area contributed by atoms with Crippen LogP contribution < -0.4 is 4.74 Å². The number of amides is 1. The summed E-state index contributed by atoms with van der Waals surface area (Å²) in [7, 11) is 1.59. The number of rotatable bonds is 9. The lowest BCUT2D eigenvalue weighted by Crippen LogP contribution is -2.28. The standard InChI is InChI=1S/C27H29N3O6/c1-33-24-11-10-22-26(29-24)19(12-13-28-22)8-5-9-20(31)14-21-15-30(27(32)35-21)25-17-34-16-23(36-25)18-6-3-2-4-7-18/h2-3,6,10-13,16-17,20-21,31H,4-5,7-9,14-15H2,1H3. The maximum atomic E-state index is 12.5. The van der Waals surface area contributed by atoms with Crippen molar-refractivity contribution in [3.05, 3.63) is 77.9 Å². The second-order valence-corrected chi connectivity index (χ2v) is 8.92. The molecule has 2 aromatic heterocycles. The zero-order chi connectivity index (χ0) is 24.9. The van der Waals surface area contributed by atoms with E-state index in [1.54, 1.807) is 19.4 Å². The smallest absolute Gasteiger partial charge is 0.417 e. The molecular formula is C27H29N3O6. The van der Waals surface area contributed by atoms with E-state index in [-0.39, 0.29) is 12.4 Å². The van der Waals surface area contributed by atoms with Gasteiger partial charge in [-0.3, -0.25) is 4.98 Å². The van der Waals surface area contributed by atoms with E-state index in [9.17, 15) is 9.90 Å². The number of methoxy groups -OCH3 is 1. The third-order valence-corrected chi connectivity index (χ3v) is 6.40. The number of hydrogen-bond donors (Lipinski definition) is 1. The fraction of sp³-hybridized carbons (Fsp3) is 0.370. The first-order valence-electron chi connectivity index (χ1n) is 12.2. The number of pyridine rings is 2. The molecule has 1 fully saturated rings. The van der Waals surface area contributed by atoms with Gasteiger partial charge in [-0.1, -0.05) is 18.2 Å². The van der Waals surface area contributed by atoms with E-state index >= 15 is 0 Å². The van der Waals surface area contributed by atoms with Gasteiger partial charge < -0.3 is 24.1 Å². The Hall–Kier alpha value is -3.85. The van der Waals surface area contributed by atoms with Crippen molar-refractivity contribution in [3.63, 3.8) is 0 Å². The summed E-state index contributed by atoms with van der Waals surface area (Å²) < 4.78 is 22.1. The largest absolute Gasteiger partial charge is 0.481 e. The second kappa shape index (κ2) is 10.8. The van der Waals surface area contributed by atoms with Gasteiger partial charge in [-0.15, -0.1) is 0 Å². The van der Waals surface area contributed by atoms with Crippen molar-refractivity contribution in [2.45, 2.75) is 50.7 Å². The monoisotopic (exact) mass is 491 g/mol. The molecule has 1 amide bonds. The van der Waals surface area contributed by atoms with E-state index in [0.717, 1.165) is 47.9 Å². The maximum absolute atomic E-state index is 12.5. The summed E-state index contributed by atoms with van der Waals surface area (Å²) >= 11 is 0. The van der Waals surface area contributed by atoms with Crippen LogP contribution in [0.2, 0.25) is 0 Å². The minimum atomic E-state index is -0.606. The van der Waals surface area contributed by atoms with Gasteiger partial charge in [0.1, 0.15) is 12.4 Å². The molecule has 4 heterocycles. The van der Waals surface area contributed by atoms with Crippen LogP contribution in [-0.2, 0) is 20.6 Å². The number of fused-ring (bicyclic) bond motifs is 1. The quantitative estimate of drug-likeness (QED) is 0.547. The van der Waals surface area contributed by atoms with Crippen LogP contribution in [0.3, 0.4) is 0 Å². The molecule has 9 nitrogen and oxygen atoms in total. The number of allylic oxidation sites excluding steroid dienone is 4. The number of aliphatic hydroxyl groups excluding tert-OH is 1. The Labute approximate surface area is 209 Å². The molecule has 36 heavy (non-hydrogen) atoms. The maximum Gasteiger partial charge on any atom is 0.417 e. The van der Waals surface area contributed by atoms with Crippen LogP contribution in [0.1, 0.15) is 37.7 Å². The number of carbonyl (C=O) groups excluding carboxylic acids is 1. The zero-order valence-electron chi connectivity index (χ0n) is 20.1. The van der Waals surface area contributed by atoms with E-state index < -0.39 is 18.3 Å². The molecule has 1 aliphatic carbocycles. The molecule has 2 aromatic rings. The molecule has 1 saturated heterocycles. The molecule has 1 N–H and O–H groups in total. The highest BCUT2D eigenvalue weighted by Crippen LogP contribution is 2.30. The Kier molecular flexibility index (Phi) is 7.18. The van der Waals surface area contributed by atoms with Gasteiger partial charge in [0, 0.05) is 18.7 Å². The van der Waals surface area contributed by atoms with Crippen LogP contribution >= 0.6 is 0 Å². The minimum absolute atomic E-state index is 0.288. The SMILES string of the molecule is COc1ccc2nccc(CCCC(O)CC3CN(C4=COC=C(C5=CC=CCC5)O4)C(=O)O3)c2n1. The van der Waals surface area contributed by atoms with Gasteiger partial charge in [-0.05, 0) is 55.4 Å². The van der Waals surface area contributed by atoms with Crippen molar-refractivity contribution < 1.29 is 28.8 Å². The van der Waals surface area contributed by atoms with Crippen LogP contribution in [0.25, 0.3) is 11.0 Å². The predicted octanol–water partition coefficient (Wildman–Crippen LogP) is 4.50. The topological polar surface area (TPSA) is 103 Å². The number of hydrogen-bond acceptors (Lipinski definition) is 8. The lowest BCUT2D eigenvalue weighted by Gasteiger charge is -2.23. The Balaban J connectivity index is 1.12. The highest BCUT2D eigenvalue weighted by molar-refractivity contribution is 5.78. The van der Waals surface area contributed by atoms with Gasteiger partial charge in [0.15, 0.2) is 12.0 Å². The summed E-state index contributed by atoms with van der Waals surface area (Å²) in [4.78, 5) is 22.8. The van der Waals surface area contributed by atoms with Crippen molar-refractivity contribution in [1.29, 1.82) is 0 Å². The predicted molar refractivity (Wildman–Crippen MR) is 131 cm³/mol. The average molecular weight is 492 g/mol. The normalized spacial score (nSPS) is 20.2. The van der Waals surface area contributed by atoms with E-state index in [1.165, 1.54) is 17.4 Å². The molecule has 2 atom stereocenters. The molecule has 3 aliphatic rings. The summed E-state index contributed by atoms with van der Waals surface area (Å²) in [6, 6.07) is 5.62. The second-order valence-electron chi connectivity index (χ2n) is 8.92. The molecular weight excluding hydrogens is 462 g/mol. The molecule has 2 aliphatic heterocycles. The van der Waals surface area contributed by atoms with Gasteiger partial charge >= 0.3 is 6.09 Å². The molecule has 188 valence electrons. The Morgan fingerprint density at radius 1 is 1.28 bits per heavy atom. The highest BCUT2D eigenvalue weighted by atomic mass is 16.6. The Morgan fingerprint density at radius 2 is 2.19 bits per heavy atom. The summed E-state index contributed by atoms with van der Waals surface area (Å²) in [6.45, 7) is 0.288. The first-order valence-corrected chi connectivity index (χ1v) is 12.2. The number of aliphatic hydroxyl groups is 1. The lowest BCUT2D eigenvalue weighted by atomic mass is 10.0. The average Bonchev–Trinajstić information content (AvgIpc) is 3.28. The van der Waals surface area contributed by atoms with Gasteiger partial charge in [0.05, 0.1) is 30.8 Å². The number of cyclic esters (lactones) is 1. The first-order chi connectivity index (χ1) is 17.6. The van der Waals surface area contributed by atoms with Crippen molar-refractivity contribution >= 4 is 17.1 Å². The number of aromatic nitrogens is 2. The molecule has 0 spiro atoms. The van der Waals surface area contributed by atoms with Crippen LogP contribution in [-0.4, -0.2) is 51.9 Å². The summed E-state index contributed by atoms with van der Waals surface area (Å²) in [5.74, 6) is 1.42. The van der Waals surface area contributed by atoms with Crippen molar-refractivity contribution in [2.24, 2.45) is 0 Å². The van der Waals surface area contributed by atoms with Gasteiger partial charge in [0.25, 0.3) is 0 Å². The van der Waals surface area contributed by atoms with Gasteiger partial charge in [0.2, 0.25) is 11.8 Å². The molecule has 9 heteroatoms. The van der Waals surface area contributed by atoms with Crippen molar-refractivity contribution in [1.82, 2.24) is 14.9 Å². The molecule has 0 saturated carbocycles. The lowest BCUT2D eigenvalue weighted by molar-refractivity contribution is 0.0786. The summed E-state index contributed by atoms with van der Waals surface area (Å²) in [5, 5.41) is 10.6. The molecule has 0 radical (unpaired) electrons. The van der Waals surface area contributed by atoms with Crippen molar-refractivity contribution in [2.75, 3.05) is 13.7 Å². The molecule has 0 aromatic carbocycles. The van der Waals surface area contributed by atoms with Crippen LogP contribution in [0.5, 0.6) is 5.88 Å². The summed E-state index contributed by atoms with van der Waals surface area (Å²) in [6.07, 6.45) is 13.4. The zero-order valence-corrected chi connectivity index (χ0v) is 20.1. The van der Waals surface area contributed by atoms with Gasteiger partial charge in [-0.2, -0.15) is 0 Å². The molecule has 5 rings (SSSR count). The van der Waals surface area contributed by atoms with Crippen LogP contribution in [0.4, 0.5) is 4.79 Å². The van der Waals surface area contributed by atoms with E-state index in [0.29, 0.717) is 24.5 Å². The minimum Gasteiger partial charge on any atom is -0.481 e. The Morgan fingerprint density at radius 3 is 3.03 bits per heavy atom. The summed E-state index contributed by atoms with van der Waals surface area (Å²) in [5.41, 5.74) is 3.68. The first kappa shape index (κ1) is 23.9. The van der Waals surface area contributed by atoms with Crippen molar-refractivity contribution in [3.8, 4) is 5.88 Å².